The molecule has 0 aliphatic carbocycles. The molecule has 1 aromatic heterocycles. The first kappa shape index (κ1) is 12.6. The van der Waals surface area contributed by atoms with Gasteiger partial charge in [-0.05, 0) is 18.1 Å². The number of rotatable bonds is 5. The molecule has 1 aromatic carbocycles. The highest BCUT2D eigenvalue weighted by Crippen LogP contribution is 2.17. The standard InChI is InChI=1S/C13H17N3O2/c1-9(2)12(14)13-15-11(16-18-13)8-17-10-6-4-3-5-7-10/h3-7,9,12H,8,14H2,1-2H3/t12-/m0/s1. The first-order valence-corrected chi connectivity index (χ1v) is 5.92. The Morgan fingerprint density at radius 1 is 1.28 bits per heavy atom. The van der Waals surface area contributed by atoms with Crippen molar-refractivity contribution in [3.05, 3.63) is 42.0 Å². The minimum absolute atomic E-state index is 0.233. The Morgan fingerprint density at radius 3 is 2.67 bits per heavy atom. The van der Waals surface area contributed by atoms with E-state index in [0.717, 1.165) is 5.75 Å². The number of nitrogens with zero attached hydrogens (tertiary/aromatic N) is 2. The van der Waals surface area contributed by atoms with Crippen LogP contribution in [0, 0.1) is 5.92 Å². The lowest BCUT2D eigenvalue weighted by atomic mass is 10.1. The molecular weight excluding hydrogens is 230 g/mol. The van der Waals surface area contributed by atoms with Crippen LogP contribution >= 0.6 is 0 Å². The molecule has 2 N–H and O–H groups in total. The Balaban J connectivity index is 1.95. The molecule has 2 rings (SSSR count). The highest BCUT2D eigenvalue weighted by Gasteiger charge is 2.18. The van der Waals surface area contributed by atoms with Crippen molar-refractivity contribution in [2.45, 2.75) is 26.5 Å². The first-order valence-electron chi connectivity index (χ1n) is 5.92. The number of nitrogens with two attached hydrogens (primary N) is 1. The van der Waals surface area contributed by atoms with Crippen LogP contribution in [0.4, 0.5) is 0 Å². The topological polar surface area (TPSA) is 74.2 Å². The van der Waals surface area contributed by atoms with Crippen LogP contribution in [0.25, 0.3) is 0 Å². The van der Waals surface area contributed by atoms with Gasteiger partial charge in [0.2, 0.25) is 11.7 Å². The van der Waals surface area contributed by atoms with Crippen molar-refractivity contribution in [2.24, 2.45) is 11.7 Å². The molecule has 18 heavy (non-hydrogen) atoms. The highest BCUT2D eigenvalue weighted by atomic mass is 16.5. The number of hydrogen-bond donors (Lipinski definition) is 1. The SMILES string of the molecule is CC(C)[C@H](N)c1nc(COc2ccccc2)no1. The third-order valence-corrected chi connectivity index (χ3v) is 2.60. The summed E-state index contributed by atoms with van der Waals surface area (Å²) in [6.45, 7) is 4.29. The van der Waals surface area contributed by atoms with Crippen LogP contribution in [0.15, 0.2) is 34.9 Å². The van der Waals surface area contributed by atoms with E-state index in [9.17, 15) is 0 Å². The first-order chi connectivity index (χ1) is 8.66. The minimum atomic E-state index is -0.233. The van der Waals surface area contributed by atoms with Crippen LogP contribution in [0.2, 0.25) is 0 Å². The van der Waals surface area contributed by atoms with E-state index in [1.165, 1.54) is 0 Å². The molecule has 0 fully saturated rings. The van der Waals surface area contributed by atoms with Gasteiger partial charge in [-0.3, -0.25) is 0 Å². The van der Waals surface area contributed by atoms with E-state index in [-0.39, 0.29) is 18.6 Å². The fraction of sp³-hybridized carbons (Fsp3) is 0.385. The van der Waals surface area contributed by atoms with Gasteiger partial charge in [-0.2, -0.15) is 4.98 Å². The van der Waals surface area contributed by atoms with Crippen molar-refractivity contribution < 1.29 is 9.26 Å². The maximum atomic E-state index is 5.92. The lowest BCUT2D eigenvalue weighted by Crippen LogP contribution is -2.17. The smallest absolute Gasteiger partial charge is 0.243 e. The van der Waals surface area contributed by atoms with Gasteiger partial charge in [-0.15, -0.1) is 0 Å². The van der Waals surface area contributed by atoms with Gasteiger partial charge in [0, 0.05) is 0 Å². The minimum Gasteiger partial charge on any atom is -0.485 e. The van der Waals surface area contributed by atoms with Crippen molar-refractivity contribution in [1.29, 1.82) is 0 Å². The molecule has 1 heterocycles. The summed E-state index contributed by atoms with van der Waals surface area (Å²) in [6.07, 6.45) is 0. The second-order valence-electron chi connectivity index (χ2n) is 4.42. The molecule has 0 saturated carbocycles. The zero-order valence-corrected chi connectivity index (χ0v) is 10.5. The summed E-state index contributed by atoms with van der Waals surface area (Å²) >= 11 is 0. The molecule has 0 bridgehead atoms. The summed E-state index contributed by atoms with van der Waals surface area (Å²) in [5.74, 6) is 1.99. The van der Waals surface area contributed by atoms with Crippen LogP contribution in [-0.2, 0) is 6.61 Å². The molecule has 0 aliphatic rings. The van der Waals surface area contributed by atoms with E-state index >= 15 is 0 Å². The lowest BCUT2D eigenvalue weighted by molar-refractivity contribution is 0.281. The highest BCUT2D eigenvalue weighted by molar-refractivity contribution is 5.20. The summed E-state index contributed by atoms with van der Waals surface area (Å²) in [5.41, 5.74) is 5.92. The predicted molar refractivity (Wildman–Crippen MR) is 66.8 cm³/mol. The monoisotopic (exact) mass is 247 g/mol. The predicted octanol–water partition coefficient (Wildman–Crippen LogP) is 2.30. The van der Waals surface area contributed by atoms with E-state index in [4.69, 9.17) is 15.0 Å². The lowest BCUT2D eigenvalue weighted by Gasteiger charge is -2.09. The maximum absolute atomic E-state index is 5.92. The molecule has 96 valence electrons. The van der Waals surface area contributed by atoms with Gasteiger partial charge in [0.25, 0.3) is 0 Å². The third kappa shape index (κ3) is 3.07. The van der Waals surface area contributed by atoms with Gasteiger partial charge in [0.1, 0.15) is 5.75 Å². The molecule has 2 aromatic rings. The molecule has 0 amide bonds. The van der Waals surface area contributed by atoms with Crippen LogP contribution < -0.4 is 10.5 Å². The van der Waals surface area contributed by atoms with E-state index in [1.807, 2.05) is 44.2 Å². The van der Waals surface area contributed by atoms with Crippen LogP contribution in [0.5, 0.6) is 5.75 Å². The Labute approximate surface area is 106 Å². The van der Waals surface area contributed by atoms with E-state index in [1.54, 1.807) is 0 Å². The average molecular weight is 247 g/mol. The fourth-order valence-electron chi connectivity index (χ4n) is 1.41. The zero-order chi connectivity index (χ0) is 13.0. The van der Waals surface area contributed by atoms with Gasteiger partial charge in [0.05, 0.1) is 6.04 Å². The summed E-state index contributed by atoms with van der Waals surface area (Å²) in [5, 5.41) is 3.84. The molecule has 0 unspecified atom stereocenters. The molecule has 0 spiro atoms. The summed E-state index contributed by atoms with van der Waals surface area (Å²) < 4.78 is 10.6. The van der Waals surface area contributed by atoms with Gasteiger partial charge in [-0.25, -0.2) is 0 Å². The Bertz CT molecular complexity index is 482. The molecule has 1 atom stereocenters. The van der Waals surface area contributed by atoms with Gasteiger partial charge in [-0.1, -0.05) is 37.2 Å². The Morgan fingerprint density at radius 2 is 2.00 bits per heavy atom. The van der Waals surface area contributed by atoms with Crippen LogP contribution in [0.1, 0.15) is 31.6 Å². The average Bonchev–Trinajstić information content (AvgIpc) is 2.85. The van der Waals surface area contributed by atoms with Crippen molar-refractivity contribution in [3.63, 3.8) is 0 Å². The number of para-hydroxylation sites is 1. The largest absolute Gasteiger partial charge is 0.485 e. The van der Waals surface area contributed by atoms with Crippen molar-refractivity contribution >= 4 is 0 Å². The van der Waals surface area contributed by atoms with Crippen LogP contribution in [-0.4, -0.2) is 10.1 Å². The van der Waals surface area contributed by atoms with E-state index < -0.39 is 0 Å². The Hall–Kier alpha value is -1.88. The van der Waals surface area contributed by atoms with Crippen molar-refractivity contribution in [2.75, 3.05) is 0 Å². The summed E-state index contributed by atoms with van der Waals surface area (Å²) in [7, 11) is 0. The van der Waals surface area contributed by atoms with Crippen molar-refractivity contribution in [3.8, 4) is 5.75 Å². The number of ether oxygens (including phenoxy) is 1. The molecule has 0 aliphatic heterocycles. The third-order valence-electron chi connectivity index (χ3n) is 2.60. The van der Waals surface area contributed by atoms with E-state index in [0.29, 0.717) is 11.7 Å². The Kier molecular flexibility index (Phi) is 3.94. The van der Waals surface area contributed by atoms with Crippen molar-refractivity contribution in [1.82, 2.24) is 10.1 Å². The normalized spacial score (nSPS) is 12.7. The molecule has 5 nitrogen and oxygen atoms in total. The zero-order valence-electron chi connectivity index (χ0n) is 10.5. The van der Waals surface area contributed by atoms with E-state index in [2.05, 4.69) is 10.1 Å². The van der Waals surface area contributed by atoms with Gasteiger partial charge < -0.3 is 15.0 Å². The second kappa shape index (κ2) is 5.64. The fourth-order valence-corrected chi connectivity index (χ4v) is 1.41. The molecular formula is C13H17N3O2. The van der Waals surface area contributed by atoms with Gasteiger partial charge in [0.15, 0.2) is 6.61 Å². The number of hydrogen-bond acceptors (Lipinski definition) is 5. The van der Waals surface area contributed by atoms with Crippen LogP contribution in [0.3, 0.4) is 0 Å². The maximum Gasteiger partial charge on any atom is 0.243 e. The summed E-state index contributed by atoms with van der Waals surface area (Å²) in [6, 6.07) is 9.27. The molecule has 0 radical (unpaired) electrons. The number of aromatic nitrogens is 2. The molecule has 0 saturated heterocycles. The van der Waals surface area contributed by atoms with Gasteiger partial charge >= 0.3 is 0 Å². The molecule has 5 heteroatoms. The number of benzene rings is 1. The summed E-state index contributed by atoms with van der Waals surface area (Å²) in [4.78, 5) is 4.22. The second-order valence-corrected chi connectivity index (χ2v) is 4.42. The quantitative estimate of drug-likeness (QED) is 0.877.